The molecule has 1 saturated carbocycles. The summed E-state index contributed by atoms with van der Waals surface area (Å²) in [5.74, 6) is 2.89. The van der Waals surface area contributed by atoms with Gasteiger partial charge in [-0.15, -0.1) is 10.2 Å². The standard InChI is InChI=1S/C23H25N7OS/c1-14-27-21(26-12-23-30-29-15(2)32-23)10-22(28-14)31-13-17-9-18(17)20-7-6-16(11-25-20)19-5-3-4-8-24-19/h3-4,6-8,10-11,17-19H,5,9,12-13H2,1-2H3,(H,26,27,28)/t17-,18+,19?/m1/s1. The smallest absolute Gasteiger partial charge is 0.218 e. The summed E-state index contributed by atoms with van der Waals surface area (Å²) in [7, 11) is 0. The van der Waals surface area contributed by atoms with E-state index in [1.54, 1.807) is 11.3 Å². The van der Waals surface area contributed by atoms with Crippen LogP contribution in [0.3, 0.4) is 0 Å². The maximum atomic E-state index is 6.01. The fourth-order valence-electron chi connectivity index (χ4n) is 3.80. The van der Waals surface area contributed by atoms with Gasteiger partial charge in [-0.3, -0.25) is 9.98 Å². The fourth-order valence-corrected chi connectivity index (χ4v) is 4.45. The van der Waals surface area contributed by atoms with Crippen molar-refractivity contribution in [2.75, 3.05) is 11.9 Å². The van der Waals surface area contributed by atoms with E-state index < -0.39 is 0 Å². The molecule has 0 spiro atoms. The molecule has 32 heavy (non-hydrogen) atoms. The monoisotopic (exact) mass is 447 g/mol. The van der Waals surface area contributed by atoms with Crippen LogP contribution in [0.1, 0.15) is 51.9 Å². The van der Waals surface area contributed by atoms with E-state index in [0.717, 1.165) is 34.4 Å². The molecule has 1 aliphatic carbocycles. The Morgan fingerprint density at radius 3 is 2.88 bits per heavy atom. The van der Waals surface area contributed by atoms with Crippen LogP contribution in [-0.2, 0) is 6.54 Å². The number of nitrogens with zero attached hydrogens (tertiary/aromatic N) is 6. The Morgan fingerprint density at radius 2 is 2.12 bits per heavy atom. The minimum atomic E-state index is 0.194. The van der Waals surface area contributed by atoms with E-state index in [9.17, 15) is 0 Å². The van der Waals surface area contributed by atoms with E-state index in [1.807, 2.05) is 38.4 Å². The summed E-state index contributed by atoms with van der Waals surface area (Å²) in [5, 5.41) is 13.3. The van der Waals surface area contributed by atoms with Crippen molar-refractivity contribution in [1.29, 1.82) is 0 Å². The zero-order valence-electron chi connectivity index (χ0n) is 18.1. The molecular weight excluding hydrogens is 422 g/mol. The van der Waals surface area contributed by atoms with Crippen molar-refractivity contribution in [2.45, 2.75) is 45.2 Å². The van der Waals surface area contributed by atoms with E-state index in [1.165, 1.54) is 5.56 Å². The first kappa shape index (κ1) is 20.7. The van der Waals surface area contributed by atoms with Crippen LogP contribution in [0.5, 0.6) is 5.88 Å². The molecule has 1 N–H and O–H groups in total. The van der Waals surface area contributed by atoms with E-state index >= 15 is 0 Å². The highest BCUT2D eigenvalue weighted by Gasteiger charge is 2.40. The minimum Gasteiger partial charge on any atom is -0.477 e. The van der Waals surface area contributed by atoms with E-state index in [2.05, 4.69) is 48.7 Å². The van der Waals surface area contributed by atoms with Gasteiger partial charge in [0.25, 0.3) is 0 Å². The van der Waals surface area contributed by atoms with E-state index in [0.29, 0.717) is 36.7 Å². The molecule has 4 heterocycles. The summed E-state index contributed by atoms with van der Waals surface area (Å²) in [6, 6.07) is 6.33. The van der Waals surface area contributed by atoms with Gasteiger partial charge < -0.3 is 10.1 Å². The van der Waals surface area contributed by atoms with Gasteiger partial charge in [0.15, 0.2) is 0 Å². The zero-order valence-corrected chi connectivity index (χ0v) is 18.9. The highest BCUT2D eigenvalue weighted by molar-refractivity contribution is 7.11. The number of allylic oxidation sites excluding steroid dienone is 1. The topological polar surface area (TPSA) is 98.1 Å². The molecular formula is C23H25N7OS. The minimum absolute atomic E-state index is 0.194. The summed E-state index contributed by atoms with van der Waals surface area (Å²) in [5.41, 5.74) is 2.30. The lowest BCUT2D eigenvalue weighted by molar-refractivity contribution is 0.284. The second-order valence-electron chi connectivity index (χ2n) is 8.11. The molecule has 2 aliphatic rings. The molecule has 1 fully saturated rings. The van der Waals surface area contributed by atoms with Crippen molar-refractivity contribution in [1.82, 2.24) is 25.1 Å². The van der Waals surface area contributed by atoms with Crippen LogP contribution in [0.15, 0.2) is 41.5 Å². The number of aryl methyl sites for hydroxylation is 2. The molecule has 0 saturated heterocycles. The summed E-state index contributed by atoms with van der Waals surface area (Å²) in [6.07, 6.45) is 9.99. The second-order valence-corrected chi connectivity index (χ2v) is 9.38. The number of hydrogen-bond acceptors (Lipinski definition) is 9. The van der Waals surface area contributed by atoms with Crippen molar-refractivity contribution in [2.24, 2.45) is 10.9 Å². The van der Waals surface area contributed by atoms with Crippen molar-refractivity contribution in [3.63, 3.8) is 0 Å². The number of rotatable bonds is 8. The predicted molar refractivity (Wildman–Crippen MR) is 124 cm³/mol. The van der Waals surface area contributed by atoms with Gasteiger partial charge in [-0.25, -0.2) is 4.98 Å². The number of pyridine rings is 1. The van der Waals surface area contributed by atoms with Crippen molar-refractivity contribution >= 4 is 23.4 Å². The number of aromatic nitrogens is 5. The quantitative estimate of drug-likeness (QED) is 0.552. The van der Waals surface area contributed by atoms with Gasteiger partial charge in [-0.2, -0.15) is 4.98 Å². The predicted octanol–water partition coefficient (Wildman–Crippen LogP) is 4.21. The fraction of sp³-hybridized carbons (Fsp3) is 0.391. The maximum Gasteiger partial charge on any atom is 0.218 e. The molecule has 0 bridgehead atoms. The summed E-state index contributed by atoms with van der Waals surface area (Å²) < 4.78 is 6.01. The average molecular weight is 448 g/mol. The van der Waals surface area contributed by atoms with Gasteiger partial charge in [-0.05, 0) is 44.4 Å². The molecule has 1 unspecified atom stereocenters. The molecule has 3 atom stereocenters. The molecule has 8 nitrogen and oxygen atoms in total. The van der Waals surface area contributed by atoms with E-state index in [4.69, 9.17) is 9.72 Å². The van der Waals surface area contributed by atoms with Crippen LogP contribution >= 0.6 is 11.3 Å². The van der Waals surface area contributed by atoms with E-state index in [-0.39, 0.29) is 6.04 Å². The lowest BCUT2D eigenvalue weighted by Crippen LogP contribution is -2.07. The van der Waals surface area contributed by atoms with Crippen LogP contribution in [0.4, 0.5) is 5.82 Å². The molecule has 1 aliphatic heterocycles. The molecule has 3 aromatic rings. The first-order chi connectivity index (χ1) is 15.6. The van der Waals surface area contributed by atoms with Crippen molar-refractivity contribution in [3.8, 4) is 5.88 Å². The lowest BCUT2D eigenvalue weighted by Gasteiger charge is -2.13. The normalized spacial score (nSPS) is 21.5. The highest BCUT2D eigenvalue weighted by Crippen LogP contribution is 2.46. The number of ether oxygens (including phenoxy) is 1. The van der Waals surface area contributed by atoms with Gasteiger partial charge in [0.2, 0.25) is 5.88 Å². The molecule has 0 amide bonds. The third-order valence-corrected chi connectivity index (χ3v) is 6.43. The number of dihydropyridines is 1. The molecule has 0 radical (unpaired) electrons. The van der Waals surface area contributed by atoms with Crippen molar-refractivity contribution in [3.05, 3.63) is 63.6 Å². The number of aliphatic imine (C=N–C) groups is 1. The van der Waals surface area contributed by atoms with Crippen LogP contribution in [-0.4, -0.2) is 38.0 Å². The van der Waals surface area contributed by atoms with Gasteiger partial charge in [0, 0.05) is 36.0 Å². The lowest BCUT2D eigenvalue weighted by atomic mass is 10.0. The Hall–Kier alpha value is -3.20. The van der Waals surface area contributed by atoms with Crippen molar-refractivity contribution < 1.29 is 4.74 Å². The van der Waals surface area contributed by atoms with Gasteiger partial charge in [-0.1, -0.05) is 23.5 Å². The van der Waals surface area contributed by atoms with Gasteiger partial charge >= 0.3 is 0 Å². The highest BCUT2D eigenvalue weighted by atomic mass is 32.1. The molecule has 9 heteroatoms. The first-order valence-corrected chi connectivity index (χ1v) is 11.6. The maximum absolute atomic E-state index is 6.01. The second kappa shape index (κ2) is 9.12. The summed E-state index contributed by atoms with van der Waals surface area (Å²) in [6.45, 7) is 5.01. The van der Waals surface area contributed by atoms with Gasteiger partial charge in [0.05, 0.1) is 19.2 Å². The number of hydrogen-bond donors (Lipinski definition) is 1. The van der Waals surface area contributed by atoms with Crippen LogP contribution in [0.25, 0.3) is 0 Å². The Labute approximate surface area is 190 Å². The summed E-state index contributed by atoms with van der Waals surface area (Å²) >= 11 is 1.57. The Morgan fingerprint density at radius 1 is 1.19 bits per heavy atom. The molecule has 3 aromatic heterocycles. The van der Waals surface area contributed by atoms with Gasteiger partial charge in [0.1, 0.15) is 21.7 Å². The molecule has 164 valence electrons. The van der Waals surface area contributed by atoms with Crippen LogP contribution in [0, 0.1) is 19.8 Å². The third kappa shape index (κ3) is 4.99. The SMILES string of the molecule is Cc1nc(NCc2nnc(C)s2)cc(OC[C@H]2C[C@@H]2c2ccc(C3CC=CC=N3)cn2)n1. The third-order valence-electron chi connectivity index (χ3n) is 5.59. The molecule has 5 rings (SSSR count). The first-order valence-electron chi connectivity index (χ1n) is 10.8. The summed E-state index contributed by atoms with van der Waals surface area (Å²) in [4.78, 5) is 18.1. The Balaban J connectivity index is 1.14. The number of nitrogens with one attached hydrogen (secondary N) is 1. The Kier molecular flexibility index (Phi) is 5.89. The van der Waals surface area contributed by atoms with Crippen LogP contribution < -0.4 is 10.1 Å². The Bertz CT molecular complexity index is 1140. The zero-order chi connectivity index (χ0) is 21.9. The van der Waals surface area contributed by atoms with Crippen LogP contribution in [0.2, 0.25) is 0 Å². The largest absolute Gasteiger partial charge is 0.477 e. The average Bonchev–Trinajstić information content (AvgIpc) is 3.48. The number of anilines is 1. The molecule has 0 aromatic carbocycles.